The second-order valence-corrected chi connectivity index (χ2v) is 5.94. The summed E-state index contributed by atoms with van der Waals surface area (Å²) in [4.78, 5) is 0. The first-order chi connectivity index (χ1) is 11.2. The highest BCUT2D eigenvalue weighted by Gasteiger charge is 2.16. The minimum Gasteiger partial charge on any atom is -0.494 e. The predicted octanol–water partition coefficient (Wildman–Crippen LogP) is 4.39. The van der Waals surface area contributed by atoms with E-state index in [1.54, 1.807) is 0 Å². The second-order valence-electron chi connectivity index (χ2n) is 5.94. The quantitative estimate of drug-likeness (QED) is 0.689. The molecule has 0 aliphatic carbocycles. The maximum absolute atomic E-state index is 5.78. The fourth-order valence-corrected chi connectivity index (χ4v) is 2.91. The first-order valence-electron chi connectivity index (χ1n) is 8.86. The van der Waals surface area contributed by atoms with Crippen LogP contribution in [0.15, 0.2) is 24.4 Å². The number of benzene rings is 1. The van der Waals surface area contributed by atoms with Crippen LogP contribution in [0.3, 0.4) is 0 Å². The zero-order valence-electron chi connectivity index (χ0n) is 14.9. The molecule has 0 radical (unpaired) electrons. The van der Waals surface area contributed by atoms with Gasteiger partial charge in [-0.05, 0) is 61.8 Å². The molecule has 2 rings (SSSR count). The van der Waals surface area contributed by atoms with Gasteiger partial charge in [-0.1, -0.05) is 32.1 Å². The van der Waals surface area contributed by atoms with Crippen LogP contribution in [0.1, 0.15) is 63.3 Å². The van der Waals surface area contributed by atoms with Crippen molar-refractivity contribution in [3.63, 3.8) is 0 Å². The van der Waals surface area contributed by atoms with E-state index in [0.29, 0.717) is 5.92 Å². The number of hydrogen-bond acceptors (Lipinski definition) is 3. The molecule has 0 saturated heterocycles. The Morgan fingerprint density at radius 1 is 1.17 bits per heavy atom. The zero-order valence-corrected chi connectivity index (χ0v) is 14.9. The van der Waals surface area contributed by atoms with Gasteiger partial charge in [-0.25, -0.2) is 0 Å². The summed E-state index contributed by atoms with van der Waals surface area (Å²) < 4.78 is 7.67. The third kappa shape index (κ3) is 4.57. The average molecular weight is 315 g/mol. The van der Waals surface area contributed by atoms with Crippen LogP contribution in [0.25, 0.3) is 0 Å². The Labute approximate surface area is 139 Å². The molecule has 1 aromatic heterocycles. The highest BCUT2D eigenvalue weighted by atomic mass is 16.5. The van der Waals surface area contributed by atoms with Gasteiger partial charge in [0.05, 0.1) is 12.3 Å². The molecule has 0 bridgehead atoms. The summed E-state index contributed by atoms with van der Waals surface area (Å²) in [5.74, 6) is 1.46. The van der Waals surface area contributed by atoms with E-state index in [2.05, 4.69) is 62.4 Å². The molecule has 0 saturated carbocycles. The monoisotopic (exact) mass is 315 g/mol. The van der Waals surface area contributed by atoms with Gasteiger partial charge in [-0.2, -0.15) is 0 Å². The Morgan fingerprint density at radius 2 is 2.00 bits per heavy atom. The molecule has 23 heavy (non-hydrogen) atoms. The summed E-state index contributed by atoms with van der Waals surface area (Å²) in [5, 5.41) is 8.45. The fraction of sp³-hybridized carbons (Fsp3) is 0.579. The Hall–Kier alpha value is -1.84. The van der Waals surface area contributed by atoms with Crippen LogP contribution < -0.4 is 4.74 Å². The van der Waals surface area contributed by atoms with Crippen molar-refractivity contribution in [1.82, 2.24) is 15.0 Å². The molecule has 1 aromatic carbocycles. The molecule has 1 heterocycles. The Morgan fingerprint density at radius 3 is 2.61 bits per heavy atom. The summed E-state index contributed by atoms with van der Waals surface area (Å²) in [5.41, 5.74) is 3.88. The van der Waals surface area contributed by atoms with Gasteiger partial charge in [-0.3, -0.25) is 4.68 Å². The van der Waals surface area contributed by atoms with Gasteiger partial charge < -0.3 is 4.74 Å². The second kappa shape index (κ2) is 8.70. The van der Waals surface area contributed by atoms with Crippen LogP contribution in [-0.2, 0) is 19.4 Å². The van der Waals surface area contributed by atoms with E-state index in [1.165, 1.54) is 11.1 Å². The number of nitrogens with zero attached hydrogens (tertiary/aromatic N) is 3. The third-order valence-electron chi connectivity index (χ3n) is 4.27. The smallest absolute Gasteiger partial charge is 0.119 e. The van der Waals surface area contributed by atoms with E-state index in [9.17, 15) is 0 Å². The minimum atomic E-state index is 0.479. The first kappa shape index (κ1) is 17.5. The number of aromatic nitrogens is 3. The molecule has 0 aliphatic heterocycles. The number of rotatable bonds is 9. The summed E-state index contributed by atoms with van der Waals surface area (Å²) in [6.45, 7) is 10.3. The third-order valence-corrected chi connectivity index (χ3v) is 4.27. The maximum atomic E-state index is 5.78. The molecular weight excluding hydrogens is 286 g/mol. The van der Waals surface area contributed by atoms with E-state index < -0.39 is 0 Å². The molecule has 1 unspecified atom stereocenters. The van der Waals surface area contributed by atoms with Crippen LogP contribution in [0.4, 0.5) is 0 Å². The van der Waals surface area contributed by atoms with Crippen molar-refractivity contribution in [2.75, 3.05) is 6.61 Å². The molecule has 2 aromatic rings. The van der Waals surface area contributed by atoms with E-state index in [0.717, 1.165) is 50.3 Å². The molecule has 0 amide bonds. The molecule has 0 N–H and O–H groups in total. The van der Waals surface area contributed by atoms with Gasteiger partial charge in [-0.15, -0.1) is 5.10 Å². The van der Waals surface area contributed by atoms with E-state index in [1.807, 2.05) is 4.68 Å². The van der Waals surface area contributed by atoms with Crippen molar-refractivity contribution in [3.05, 3.63) is 41.2 Å². The Bertz CT molecular complexity index is 606. The standard InChI is InChI=1S/C19H29N3O/c1-5-11-23-18-9-10-19(16(7-3)13-18)15(6-2)12-17-14-22(8-4)21-20-17/h9-10,13-15H,5-8,11-12H2,1-4H3. The van der Waals surface area contributed by atoms with Crippen molar-refractivity contribution >= 4 is 0 Å². The number of aryl methyl sites for hydroxylation is 2. The average Bonchev–Trinajstić information content (AvgIpc) is 3.05. The highest BCUT2D eigenvalue weighted by molar-refractivity contribution is 5.38. The van der Waals surface area contributed by atoms with Crippen LogP contribution in [0, 0.1) is 0 Å². The van der Waals surface area contributed by atoms with E-state index in [-0.39, 0.29) is 0 Å². The number of hydrogen-bond donors (Lipinski definition) is 0. The van der Waals surface area contributed by atoms with Crippen LogP contribution in [-0.4, -0.2) is 21.6 Å². The normalized spacial score (nSPS) is 12.3. The van der Waals surface area contributed by atoms with Gasteiger partial charge in [0, 0.05) is 12.7 Å². The molecule has 126 valence electrons. The first-order valence-corrected chi connectivity index (χ1v) is 8.86. The van der Waals surface area contributed by atoms with Crippen molar-refractivity contribution in [3.8, 4) is 5.75 Å². The van der Waals surface area contributed by atoms with Crippen molar-refractivity contribution in [2.45, 2.75) is 65.8 Å². The number of ether oxygens (including phenoxy) is 1. The van der Waals surface area contributed by atoms with Gasteiger partial charge in [0.25, 0.3) is 0 Å². The van der Waals surface area contributed by atoms with Gasteiger partial charge in [0.15, 0.2) is 0 Å². The lowest BCUT2D eigenvalue weighted by Crippen LogP contribution is -2.06. The van der Waals surface area contributed by atoms with Crippen molar-refractivity contribution in [1.29, 1.82) is 0 Å². The Kier molecular flexibility index (Phi) is 6.63. The summed E-state index contributed by atoms with van der Waals surface area (Å²) >= 11 is 0. The van der Waals surface area contributed by atoms with Crippen LogP contribution in [0.2, 0.25) is 0 Å². The fourth-order valence-electron chi connectivity index (χ4n) is 2.91. The molecular formula is C19H29N3O. The highest BCUT2D eigenvalue weighted by Crippen LogP contribution is 2.29. The van der Waals surface area contributed by atoms with Crippen LogP contribution >= 0.6 is 0 Å². The summed E-state index contributed by atoms with van der Waals surface area (Å²) in [6, 6.07) is 6.55. The van der Waals surface area contributed by atoms with Gasteiger partial charge in [0.2, 0.25) is 0 Å². The van der Waals surface area contributed by atoms with Gasteiger partial charge in [0.1, 0.15) is 5.75 Å². The molecule has 1 atom stereocenters. The predicted molar refractivity (Wildman–Crippen MR) is 94.0 cm³/mol. The molecule has 0 aliphatic rings. The Balaban J connectivity index is 2.18. The lowest BCUT2D eigenvalue weighted by atomic mass is 9.87. The SMILES string of the molecule is CCCOc1ccc(C(CC)Cc2cn(CC)nn2)c(CC)c1. The topological polar surface area (TPSA) is 39.9 Å². The molecule has 4 nitrogen and oxygen atoms in total. The van der Waals surface area contributed by atoms with Crippen LogP contribution in [0.5, 0.6) is 5.75 Å². The lowest BCUT2D eigenvalue weighted by molar-refractivity contribution is 0.317. The van der Waals surface area contributed by atoms with E-state index >= 15 is 0 Å². The van der Waals surface area contributed by atoms with Gasteiger partial charge >= 0.3 is 0 Å². The zero-order chi connectivity index (χ0) is 16.7. The maximum Gasteiger partial charge on any atom is 0.119 e. The summed E-state index contributed by atoms with van der Waals surface area (Å²) in [6.07, 6.45) is 6.16. The largest absolute Gasteiger partial charge is 0.494 e. The van der Waals surface area contributed by atoms with Crippen molar-refractivity contribution < 1.29 is 4.74 Å². The minimum absolute atomic E-state index is 0.479. The van der Waals surface area contributed by atoms with E-state index in [4.69, 9.17) is 4.74 Å². The molecule has 0 fully saturated rings. The lowest BCUT2D eigenvalue weighted by Gasteiger charge is -2.19. The van der Waals surface area contributed by atoms with Crippen molar-refractivity contribution in [2.24, 2.45) is 0 Å². The molecule has 4 heteroatoms. The molecule has 0 spiro atoms. The summed E-state index contributed by atoms with van der Waals surface area (Å²) in [7, 11) is 0.